The quantitative estimate of drug-likeness (QED) is 0.375. The number of hydrogen-bond acceptors (Lipinski definition) is 4. The lowest BCUT2D eigenvalue weighted by Gasteiger charge is -2.16. The summed E-state index contributed by atoms with van der Waals surface area (Å²) in [6.07, 6.45) is 12.7. The fourth-order valence-electron chi connectivity index (χ4n) is 2.85. The first-order valence-electron chi connectivity index (χ1n) is 9.07. The summed E-state index contributed by atoms with van der Waals surface area (Å²) >= 11 is 0. The first kappa shape index (κ1) is 20.9. The van der Waals surface area contributed by atoms with Gasteiger partial charge in [-0.1, -0.05) is 50.5 Å². The van der Waals surface area contributed by atoms with Gasteiger partial charge in [0, 0.05) is 12.3 Å². The topological polar surface area (TPSA) is 87.0 Å². The van der Waals surface area contributed by atoms with Gasteiger partial charge < -0.3 is 20.1 Å². The molecule has 1 saturated heterocycles. The van der Waals surface area contributed by atoms with Crippen LogP contribution in [0.1, 0.15) is 58.3 Å². The molecule has 0 spiro atoms. The van der Waals surface area contributed by atoms with Crippen molar-refractivity contribution in [3.05, 3.63) is 24.3 Å². The zero-order valence-corrected chi connectivity index (χ0v) is 14.6. The second-order valence-corrected chi connectivity index (χ2v) is 6.47. The maximum Gasteiger partial charge on any atom is 0.303 e. The van der Waals surface area contributed by atoms with E-state index in [0.717, 1.165) is 32.1 Å². The molecule has 138 valence electrons. The summed E-state index contributed by atoms with van der Waals surface area (Å²) < 4.78 is 5.60. The molecule has 4 atom stereocenters. The average molecular weight is 340 g/mol. The number of aliphatic hydroxyl groups excluding tert-OH is 2. The number of unbranched alkanes of at least 4 members (excludes halogenated alkanes) is 3. The molecule has 0 aliphatic carbocycles. The molecule has 1 heterocycles. The first-order valence-corrected chi connectivity index (χ1v) is 9.07. The minimum absolute atomic E-state index is 0.0141. The summed E-state index contributed by atoms with van der Waals surface area (Å²) in [5.74, 6) is -0.787. The Labute approximate surface area is 145 Å². The van der Waals surface area contributed by atoms with Crippen LogP contribution in [0, 0.1) is 5.92 Å². The van der Waals surface area contributed by atoms with Gasteiger partial charge in [0.05, 0.1) is 24.9 Å². The van der Waals surface area contributed by atoms with Gasteiger partial charge in [0.25, 0.3) is 0 Å². The highest BCUT2D eigenvalue weighted by atomic mass is 16.5. The minimum atomic E-state index is -0.772. The number of ether oxygens (including phenoxy) is 1. The van der Waals surface area contributed by atoms with Crippen molar-refractivity contribution >= 4 is 5.97 Å². The number of carboxylic acids is 1. The van der Waals surface area contributed by atoms with Gasteiger partial charge in [-0.15, -0.1) is 0 Å². The second kappa shape index (κ2) is 12.2. The van der Waals surface area contributed by atoms with Crippen molar-refractivity contribution in [1.29, 1.82) is 0 Å². The van der Waals surface area contributed by atoms with Crippen LogP contribution >= 0.6 is 0 Å². The average Bonchev–Trinajstić information content (AvgIpc) is 2.89. The van der Waals surface area contributed by atoms with E-state index in [2.05, 4.69) is 6.92 Å². The third-order valence-corrected chi connectivity index (χ3v) is 4.34. The highest BCUT2D eigenvalue weighted by molar-refractivity contribution is 5.66. The Hall–Kier alpha value is -1.17. The van der Waals surface area contributed by atoms with Crippen LogP contribution in [-0.4, -0.2) is 46.2 Å². The van der Waals surface area contributed by atoms with Gasteiger partial charge in [0.15, 0.2) is 0 Å². The number of carboxylic acid groups (broad SMARTS) is 1. The summed E-state index contributed by atoms with van der Waals surface area (Å²) in [4.78, 5) is 10.4. The lowest BCUT2D eigenvalue weighted by Crippen LogP contribution is -2.22. The lowest BCUT2D eigenvalue weighted by molar-refractivity contribution is -0.137. The number of aliphatic carboxylic acids is 1. The summed E-state index contributed by atoms with van der Waals surface area (Å²) in [6, 6.07) is 0. The predicted molar refractivity (Wildman–Crippen MR) is 93.8 cm³/mol. The number of allylic oxidation sites excluding steroid dienone is 2. The standard InChI is InChI=1S/C19H32O5/c1-2-3-6-9-15(20)12-13-18-16(17(21)14-24-18)10-7-4-5-8-11-19(22)23/h4,7,12-13,15-18,20-21H,2-3,5-6,8-11,14H2,1H3,(H,22,23)/b7-4-,13-12+/t15-,16+,17+,18-/m1/s1. The third kappa shape index (κ3) is 8.62. The van der Waals surface area contributed by atoms with Crippen molar-refractivity contribution in [2.45, 2.75) is 76.6 Å². The summed E-state index contributed by atoms with van der Waals surface area (Å²) in [7, 11) is 0. The molecule has 0 amide bonds. The second-order valence-electron chi connectivity index (χ2n) is 6.47. The summed E-state index contributed by atoms with van der Waals surface area (Å²) in [6.45, 7) is 2.45. The Bertz CT molecular complexity index is 405. The van der Waals surface area contributed by atoms with E-state index in [0.29, 0.717) is 19.4 Å². The largest absolute Gasteiger partial charge is 0.481 e. The molecule has 1 aliphatic rings. The number of carbonyl (C=O) groups is 1. The van der Waals surface area contributed by atoms with E-state index in [-0.39, 0.29) is 18.4 Å². The fourth-order valence-corrected chi connectivity index (χ4v) is 2.85. The van der Waals surface area contributed by atoms with Crippen LogP contribution in [0.5, 0.6) is 0 Å². The molecule has 0 unspecified atom stereocenters. The molecule has 0 radical (unpaired) electrons. The molecule has 1 rings (SSSR count). The number of aliphatic hydroxyl groups is 2. The molecular weight excluding hydrogens is 308 g/mol. The van der Waals surface area contributed by atoms with E-state index in [4.69, 9.17) is 9.84 Å². The minimum Gasteiger partial charge on any atom is -0.481 e. The predicted octanol–water partition coefficient (Wildman–Crippen LogP) is 3.06. The Morgan fingerprint density at radius 1 is 1.29 bits per heavy atom. The van der Waals surface area contributed by atoms with E-state index < -0.39 is 18.2 Å². The molecule has 0 saturated carbocycles. The Morgan fingerprint density at radius 2 is 2.08 bits per heavy atom. The molecule has 0 aromatic rings. The molecule has 0 aromatic heterocycles. The van der Waals surface area contributed by atoms with E-state index in [9.17, 15) is 15.0 Å². The van der Waals surface area contributed by atoms with Crippen LogP contribution < -0.4 is 0 Å². The van der Waals surface area contributed by atoms with Crippen molar-refractivity contribution in [2.75, 3.05) is 6.61 Å². The monoisotopic (exact) mass is 340 g/mol. The van der Waals surface area contributed by atoms with Gasteiger partial charge in [0.1, 0.15) is 0 Å². The lowest BCUT2D eigenvalue weighted by atomic mass is 9.94. The zero-order valence-electron chi connectivity index (χ0n) is 14.6. The van der Waals surface area contributed by atoms with E-state index in [1.54, 1.807) is 6.08 Å². The van der Waals surface area contributed by atoms with Crippen LogP contribution in [0.2, 0.25) is 0 Å². The smallest absolute Gasteiger partial charge is 0.303 e. The molecular formula is C19H32O5. The molecule has 0 aromatic carbocycles. The fraction of sp³-hybridized carbons (Fsp3) is 0.737. The van der Waals surface area contributed by atoms with Crippen molar-refractivity contribution in [3.8, 4) is 0 Å². The molecule has 0 bridgehead atoms. The van der Waals surface area contributed by atoms with Gasteiger partial charge >= 0.3 is 5.97 Å². The van der Waals surface area contributed by atoms with Gasteiger partial charge in [-0.2, -0.15) is 0 Å². The van der Waals surface area contributed by atoms with Crippen LogP contribution in [0.15, 0.2) is 24.3 Å². The third-order valence-electron chi connectivity index (χ3n) is 4.34. The van der Waals surface area contributed by atoms with Crippen LogP contribution in [-0.2, 0) is 9.53 Å². The maximum absolute atomic E-state index is 10.4. The van der Waals surface area contributed by atoms with Crippen molar-refractivity contribution in [2.24, 2.45) is 5.92 Å². The van der Waals surface area contributed by atoms with Crippen LogP contribution in [0.4, 0.5) is 0 Å². The van der Waals surface area contributed by atoms with Crippen LogP contribution in [0.3, 0.4) is 0 Å². The highest BCUT2D eigenvalue weighted by Gasteiger charge is 2.33. The molecule has 24 heavy (non-hydrogen) atoms. The number of rotatable bonds is 12. The maximum atomic E-state index is 10.4. The first-order chi connectivity index (χ1) is 11.5. The Morgan fingerprint density at radius 3 is 2.79 bits per heavy atom. The Balaban J connectivity index is 2.35. The summed E-state index contributed by atoms with van der Waals surface area (Å²) in [5.41, 5.74) is 0. The summed E-state index contributed by atoms with van der Waals surface area (Å²) in [5, 5.41) is 28.6. The van der Waals surface area contributed by atoms with Gasteiger partial charge in [-0.05, 0) is 25.7 Å². The van der Waals surface area contributed by atoms with E-state index in [1.165, 1.54) is 0 Å². The molecule has 5 nitrogen and oxygen atoms in total. The highest BCUT2D eigenvalue weighted by Crippen LogP contribution is 2.26. The van der Waals surface area contributed by atoms with Crippen LogP contribution in [0.25, 0.3) is 0 Å². The van der Waals surface area contributed by atoms with Crippen molar-refractivity contribution < 1.29 is 24.9 Å². The van der Waals surface area contributed by atoms with Crippen molar-refractivity contribution in [1.82, 2.24) is 0 Å². The number of hydrogen-bond donors (Lipinski definition) is 3. The Kier molecular flexibility index (Phi) is 10.6. The van der Waals surface area contributed by atoms with E-state index >= 15 is 0 Å². The molecule has 5 heteroatoms. The van der Waals surface area contributed by atoms with Crippen molar-refractivity contribution in [3.63, 3.8) is 0 Å². The SMILES string of the molecule is CCCCC[C@@H](O)/C=C/[C@H]1OC[C@H](O)[C@@H]1C/C=C\CCCC(=O)O. The molecule has 1 fully saturated rings. The van der Waals surface area contributed by atoms with Gasteiger partial charge in [-0.25, -0.2) is 0 Å². The van der Waals surface area contributed by atoms with E-state index in [1.807, 2.05) is 18.2 Å². The normalized spacial score (nSPS) is 25.7. The molecule has 1 aliphatic heterocycles. The zero-order chi connectivity index (χ0) is 17.8. The van der Waals surface area contributed by atoms with Gasteiger partial charge in [0.2, 0.25) is 0 Å². The van der Waals surface area contributed by atoms with Gasteiger partial charge in [-0.3, -0.25) is 4.79 Å². The molecule has 3 N–H and O–H groups in total.